The van der Waals surface area contributed by atoms with Crippen LogP contribution in [0.3, 0.4) is 0 Å². The summed E-state index contributed by atoms with van der Waals surface area (Å²) in [5, 5.41) is 0. The molecule has 2 N–H and O–H groups in total. The second kappa shape index (κ2) is 8.33. The Morgan fingerprint density at radius 1 is 0.750 bits per heavy atom. The molecule has 0 aliphatic rings. The van der Waals surface area contributed by atoms with Crippen LogP contribution in [0.15, 0.2) is 36.4 Å². The fourth-order valence-electron chi connectivity index (χ4n) is 0.385. The van der Waals surface area contributed by atoms with Gasteiger partial charge in [0.05, 0.1) is 0 Å². The topological polar surface area (TPSA) is 74.6 Å². The average molecular weight is 216 g/mol. The van der Waals surface area contributed by atoms with E-state index in [9.17, 15) is 0 Å². The Kier molecular flexibility index (Phi) is 10.6. The summed E-state index contributed by atoms with van der Waals surface area (Å²) < 4.78 is 31.6. The van der Waals surface area contributed by atoms with Crippen molar-refractivity contribution in [2.24, 2.45) is 0 Å². The molecule has 0 fully saturated rings. The molecular formula is C6H9KO4S. The SMILES string of the molecule is O=S(=O)(O)O.[KH].c1ccccc1. The van der Waals surface area contributed by atoms with Crippen molar-refractivity contribution in [1.29, 1.82) is 0 Å². The Labute approximate surface area is 114 Å². The smallest absolute Gasteiger partial charge is 0.0623 e. The molecule has 0 heterocycles. The maximum Gasteiger partial charge on any atom is -0.0623 e. The van der Waals surface area contributed by atoms with E-state index in [0.29, 0.717) is 0 Å². The molecule has 64 valence electrons. The van der Waals surface area contributed by atoms with Crippen LogP contribution in [-0.4, -0.2) is 68.9 Å². The zero-order valence-corrected chi connectivity index (χ0v) is 6.40. The molecule has 0 aromatic heterocycles. The normalized spacial score (nSPS) is 8.83. The average Bonchev–Trinajstić information content (AvgIpc) is 1.88. The first-order chi connectivity index (χ1) is 5.00. The summed E-state index contributed by atoms with van der Waals surface area (Å²) in [6.45, 7) is 0. The van der Waals surface area contributed by atoms with Gasteiger partial charge in [-0.15, -0.1) is 0 Å². The monoisotopic (exact) mass is 216 g/mol. The summed E-state index contributed by atoms with van der Waals surface area (Å²) in [4.78, 5) is 0. The molecule has 6 heteroatoms. The van der Waals surface area contributed by atoms with Gasteiger partial charge in [0.15, 0.2) is 0 Å². The summed E-state index contributed by atoms with van der Waals surface area (Å²) >= 11 is 0. The first-order valence-electron chi connectivity index (χ1n) is 2.70. The first-order valence-corrected chi connectivity index (χ1v) is 4.10. The molecule has 0 radical (unpaired) electrons. The number of benzene rings is 1. The molecule has 1 rings (SSSR count). The van der Waals surface area contributed by atoms with Gasteiger partial charge in [0.2, 0.25) is 0 Å². The number of rotatable bonds is 0. The van der Waals surface area contributed by atoms with Gasteiger partial charge in [0.1, 0.15) is 0 Å². The van der Waals surface area contributed by atoms with Crippen LogP contribution in [0.2, 0.25) is 0 Å². The van der Waals surface area contributed by atoms with E-state index in [4.69, 9.17) is 17.5 Å². The third-order valence-corrected chi connectivity index (χ3v) is 0.667. The van der Waals surface area contributed by atoms with Crippen LogP contribution in [0.25, 0.3) is 0 Å². The fourth-order valence-corrected chi connectivity index (χ4v) is 0.385. The molecule has 0 amide bonds. The van der Waals surface area contributed by atoms with E-state index in [1.54, 1.807) is 0 Å². The third kappa shape index (κ3) is 22.4. The Bertz CT molecular complexity index is 236. The first kappa shape index (κ1) is 15.2. The summed E-state index contributed by atoms with van der Waals surface area (Å²) in [5.74, 6) is 0. The number of hydrogen-bond donors (Lipinski definition) is 2. The van der Waals surface area contributed by atoms with Crippen molar-refractivity contribution in [3.63, 3.8) is 0 Å². The van der Waals surface area contributed by atoms with E-state index in [0.717, 1.165) is 0 Å². The van der Waals surface area contributed by atoms with Crippen LogP contribution in [0, 0.1) is 0 Å². The van der Waals surface area contributed by atoms with Crippen LogP contribution in [-0.2, 0) is 10.4 Å². The van der Waals surface area contributed by atoms with Crippen molar-refractivity contribution < 1.29 is 17.5 Å². The molecule has 4 nitrogen and oxygen atoms in total. The van der Waals surface area contributed by atoms with Crippen LogP contribution < -0.4 is 0 Å². The summed E-state index contributed by atoms with van der Waals surface area (Å²) in [6.07, 6.45) is 0. The third-order valence-electron chi connectivity index (χ3n) is 0.667. The molecule has 0 atom stereocenters. The largest absolute Gasteiger partial charge is 0.0623 e. The van der Waals surface area contributed by atoms with Gasteiger partial charge in [-0.2, -0.15) is 8.42 Å². The zero-order valence-electron chi connectivity index (χ0n) is 5.58. The summed E-state index contributed by atoms with van der Waals surface area (Å²) in [5.41, 5.74) is 0. The van der Waals surface area contributed by atoms with E-state index in [-0.39, 0.29) is 51.4 Å². The van der Waals surface area contributed by atoms with E-state index in [2.05, 4.69) is 0 Å². The quantitative estimate of drug-likeness (QED) is 0.486. The molecular weight excluding hydrogens is 207 g/mol. The zero-order chi connectivity index (χ0) is 8.74. The molecule has 1 aromatic rings. The Hall–Kier alpha value is 0.726. The van der Waals surface area contributed by atoms with E-state index >= 15 is 0 Å². The maximum atomic E-state index is 8.74. The van der Waals surface area contributed by atoms with Crippen LogP contribution in [0.1, 0.15) is 0 Å². The molecule has 0 saturated carbocycles. The van der Waals surface area contributed by atoms with Gasteiger partial charge in [-0.25, -0.2) is 0 Å². The van der Waals surface area contributed by atoms with Crippen molar-refractivity contribution in [3.8, 4) is 0 Å². The molecule has 0 bridgehead atoms. The minimum absolute atomic E-state index is 0. The predicted octanol–water partition coefficient (Wildman–Crippen LogP) is 0.385. The van der Waals surface area contributed by atoms with Crippen molar-refractivity contribution in [1.82, 2.24) is 0 Å². The van der Waals surface area contributed by atoms with Gasteiger partial charge in [0, 0.05) is 0 Å². The minimum Gasteiger partial charge on any atom is -0.0623 e. The molecule has 0 aliphatic carbocycles. The second-order valence-corrected chi connectivity index (χ2v) is 2.50. The van der Waals surface area contributed by atoms with E-state index < -0.39 is 10.4 Å². The minimum atomic E-state index is -4.67. The van der Waals surface area contributed by atoms with Gasteiger partial charge in [-0.3, -0.25) is 9.11 Å². The van der Waals surface area contributed by atoms with Crippen LogP contribution in [0.5, 0.6) is 0 Å². The molecule has 0 aliphatic heterocycles. The molecule has 1 aromatic carbocycles. The molecule has 12 heavy (non-hydrogen) atoms. The van der Waals surface area contributed by atoms with Crippen molar-refractivity contribution in [2.75, 3.05) is 0 Å². The van der Waals surface area contributed by atoms with Gasteiger partial charge in [0.25, 0.3) is 0 Å². The Morgan fingerprint density at radius 2 is 0.833 bits per heavy atom. The van der Waals surface area contributed by atoms with Crippen molar-refractivity contribution >= 4 is 61.8 Å². The van der Waals surface area contributed by atoms with Gasteiger partial charge < -0.3 is 0 Å². The molecule has 0 unspecified atom stereocenters. The molecule has 0 saturated heterocycles. The maximum absolute atomic E-state index is 8.74. The van der Waals surface area contributed by atoms with Gasteiger partial charge >= 0.3 is 61.8 Å². The van der Waals surface area contributed by atoms with Crippen LogP contribution >= 0.6 is 0 Å². The second-order valence-electron chi connectivity index (χ2n) is 1.60. The number of hydrogen-bond acceptors (Lipinski definition) is 2. The summed E-state index contributed by atoms with van der Waals surface area (Å²) in [7, 11) is -4.67. The standard InChI is InChI=1S/C6H6.K.H2O4S.H/c1-2-4-6-5-3-1;;1-5(2,3)4;/h1-6H;;(H2,1,2,3,4);. The predicted molar refractivity (Wildman–Crippen MR) is 47.8 cm³/mol. The molecule has 0 spiro atoms. The fraction of sp³-hybridized carbons (Fsp3) is 0. The van der Waals surface area contributed by atoms with Crippen LogP contribution in [0.4, 0.5) is 0 Å². The van der Waals surface area contributed by atoms with E-state index in [1.807, 2.05) is 36.4 Å². The van der Waals surface area contributed by atoms with E-state index in [1.165, 1.54) is 0 Å². The van der Waals surface area contributed by atoms with Crippen molar-refractivity contribution in [2.45, 2.75) is 0 Å². The van der Waals surface area contributed by atoms with Gasteiger partial charge in [-0.1, -0.05) is 36.4 Å². The Morgan fingerprint density at radius 3 is 0.917 bits per heavy atom. The Balaban J connectivity index is 0. The van der Waals surface area contributed by atoms with Gasteiger partial charge in [-0.05, 0) is 0 Å². The van der Waals surface area contributed by atoms with Crippen molar-refractivity contribution in [3.05, 3.63) is 36.4 Å². The summed E-state index contributed by atoms with van der Waals surface area (Å²) in [6, 6.07) is 12.0.